The molecule has 0 aliphatic heterocycles. The molecule has 0 saturated carbocycles. The van der Waals surface area contributed by atoms with Crippen molar-refractivity contribution in [2.45, 2.75) is 0 Å². The largest absolute Gasteiger partial charge is 0.422 e. The minimum Gasteiger partial charge on any atom is -0.422 e. The van der Waals surface area contributed by atoms with Crippen molar-refractivity contribution < 1.29 is 18.7 Å². The molecule has 2 rings (SSSR count). The van der Waals surface area contributed by atoms with Crippen LogP contribution >= 0.6 is 23.2 Å². The number of rotatable bonds is 4. The summed E-state index contributed by atoms with van der Waals surface area (Å²) in [7, 11) is 0. The molecule has 0 bridgehead atoms. The zero-order valence-corrected chi connectivity index (χ0v) is 13.1. The third kappa shape index (κ3) is 5.09. The van der Waals surface area contributed by atoms with E-state index in [-0.39, 0.29) is 16.5 Å². The number of hydrogen-bond acceptors (Lipinski definition) is 3. The zero-order valence-electron chi connectivity index (χ0n) is 11.6. The number of hydrogen-bond donors (Lipinski definition) is 1. The van der Waals surface area contributed by atoms with E-state index >= 15 is 0 Å². The Labute approximate surface area is 141 Å². The molecule has 0 spiro atoms. The molecular weight excluding hydrogens is 344 g/mol. The molecule has 118 valence electrons. The second-order valence-corrected chi connectivity index (χ2v) is 5.14. The van der Waals surface area contributed by atoms with Crippen LogP contribution in [-0.2, 0) is 9.59 Å². The van der Waals surface area contributed by atoms with Gasteiger partial charge in [0.15, 0.2) is 5.75 Å². The molecule has 2 aromatic rings. The van der Waals surface area contributed by atoms with Crippen LogP contribution in [-0.4, -0.2) is 11.9 Å². The topological polar surface area (TPSA) is 55.4 Å². The lowest BCUT2D eigenvalue weighted by molar-refractivity contribution is -0.129. The van der Waals surface area contributed by atoms with Gasteiger partial charge in [-0.25, -0.2) is 9.18 Å². The highest BCUT2D eigenvalue weighted by Crippen LogP contribution is 2.27. The normalized spacial score (nSPS) is 10.6. The Morgan fingerprint density at radius 3 is 2.57 bits per heavy atom. The predicted molar refractivity (Wildman–Crippen MR) is 86.3 cm³/mol. The molecule has 0 saturated heterocycles. The minimum absolute atomic E-state index is 0.00778. The third-order valence-corrected chi connectivity index (χ3v) is 3.15. The van der Waals surface area contributed by atoms with E-state index in [1.807, 2.05) is 0 Å². The highest BCUT2D eigenvalue weighted by atomic mass is 35.5. The van der Waals surface area contributed by atoms with Crippen LogP contribution in [0.4, 0.5) is 10.1 Å². The summed E-state index contributed by atoms with van der Waals surface area (Å²) < 4.78 is 18.3. The Balaban J connectivity index is 1.97. The summed E-state index contributed by atoms with van der Waals surface area (Å²) in [6.45, 7) is 0. The van der Waals surface area contributed by atoms with E-state index in [1.54, 1.807) is 12.1 Å². The highest BCUT2D eigenvalue weighted by Gasteiger charge is 2.08. The second-order valence-electron chi connectivity index (χ2n) is 4.30. The van der Waals surface area contributed by atoms with Crippen molar-refractivity contribution in [2.75, 3.05) is 5.32 Å². The van der Waals surface area contributed by atoms with Gasteiger partial charge in [0.05, 0.1) is 10.7 Å². The average Bonchev–Trinajstić information content (AvgIpc) is 2.51. The van der Waals surface area contributed by atoms with Gasteiger partial charge in [-0.15, -0.1) is 0 Å². The Kier molecular flexibility index (Phi) is 5.73. The van der Waals surface area contributed by atoms with E-state index in [1.165, 1.54) is 30.3 Å². The first kappa shape index (κ1) is 17.0. The minimum atomic E-state index is -0.821. The fraction of sp³-hybridized carbons (Fsp3) is 0. The first-order chi connectivity index (χ1) is 11.0. The number of halogens is 3. The summed E-state index contributed by atoms with van der Waals surface area (Å²) in [6, 6.07) is 10.0. The number of benzene rings is 2. The maximum atomic E-state index is 13.4. The summed E-state index contributed by atoms with van der Waals surface area (Å²) in [4.78, 5) is 23.3. The molecule has 0 aromatic heterocycles. The molecule has 0 fully saturated rings. The number of para-hydroxylation sites is 1. The summed E-state index contributed by atoms with van der Waals surface area (Å²) in [5.74, 6) is -2.01. The Morgan fingerprint density at radius 1 is 1.09 bits per heavy atom. The number of carbonyl (C=O) groups excluding carboxylic acids is 2. The van der Waals surface area contributed by atoms with E-state index in [2.05, 4.69) is 5.32 Å². The van der Waals surface area contributed by atoms with Crippen molar-refractivity contribution in [1.29, 1.82) is 0 Å². The van der Waals surface area contributed by atoms with Crippen molar-refractivity contribution in [1.82, 2.24) is 0 Å². The van der Waals surface area contributed by atoms with Crippen molar-refractivity contribution in [3.05, 3.63) is 70.5 Å². The van der Waals surface area contributed by atoms with E-state index in [4.69, 9.17) is 27.9 Å². The molecular formula is C16H10Cl2FNO3. The molecule has 0 unspecified atom stereocenters. The number of anilines is 1. The van der Waals surface area contributed by atoms with E-state index in [9.17, 15) is 14.0 Å². The van der Waals surface area contributed by atoms with E-state index < -0.39 is 17.7 Å². The van der Waals surface area contributed by atoms with Gasteiger partial charge in [0, 0.05) is 23.2 Å². The van der Waals surface area contributed by atoms with Gasteiger partial charge in [-0.05, 0) is 24.3 Å². The van der Waals surface area contributed by atoms with Crippen LogP contribution in [0.1, 0.15) is 0 Å². The SMILES string of the molecule is O=C(/C=C/C(=O)Oc1cc(Cl)ccc1Cl)Nc1ccccc1F. The summed E-state index contributed by atoms with van der Waals surface area (Å²) in [6.07, 6.45) is 1.82. The summed E-state index contributed by atoms with van der Waals surface area (Å²) in [5.41, 5.74) is 0.00778. The molecule has 0 aliphatic rings. The average molecular weight is 354 g/mol. The fourth-order valence-electron chi connectivity index (χ4n) is 1.58. The molecule has 4 nitrogen and oxygen atoms in total. The van der Waals surface area contributed by atoms with Gasteiger partial charge in [0.2, 0.25) is 5.91 Å². The molecule has 2 aromatic carbocycles. The highest BCUT2D eigenvalue weighted by molar-refractivity contribution is 6.34. The maximum Gasteiger partial charge on any atom is 0.336 e. The van der Waals surface area contributed by atoms with Crippen molar-refractivity contribution in [3.63, 3.8) is 0 Å². The molecule has 0 aliphatic carbocycles. The first-order valence-corrected chi connectivity index (χ1v) is 7.12. The summed E-state index contributed by atoms with van der Waals surface area (Å²) >= 11 is 11.6. The number of ether oxygens (including phenoxy) is 1. The molecule has 1 amide bonds. The van der Waals surface area contributed by atoms with Crippen LogP contribution < -0.4 is 10.1 Å². The Morgan fingerprint density at radius 2 is 1.83 bits per heavy atom. The van der Waals surface area contributed by atoms with Gasteiger partial charge in [-0.1, -0.05) is 35.3 Å². The lowest BCUT2D eigenvalue weighted by atomic mass is 10.3. The van der Waals surface area contributed by atoms with E-state index in [0.29, 0.717) is 5.02 Å². The van der Waals surface area contributed by atoms with Gasteiger partial charge >= 0.3 is 5.97 Å². The molecule has 0 heterocycles. The van der Waals surface area contributed by atoms with Crippen LogP contribution in [0.15, 0.2) is 54.6 Å². The van der Waals surface area contributed by atoms with Crippen LogP contribution in [0.5, 0.6) is 5.75 Å². The van der Waals surface area contributed by atoms with Gasteiger partial charge in [-0.3, -0.25) is 4.79 Å². The summed E-state index contributed by atoms with van der Waals surface area (Å²) in [5, 5.41) is 2.84. The molecule has 0 atom stereocenters. The van der Waals surface area contributed by atoms with Crippen molar-refractivity contribution in [3.8, 4) is 5.75 Å². The van der Waals surface area contributed by atoms with Crippen LogP contribution in [0, 0.1) is 5.82 Å². The van der Waals surface area contributed by atoms with Gasteiger partial charge in [-0.2, -0.15) is 0 Å². The standard InChI is InChI=1S/C16H10Cl2FNO3/c17-10-5-6-11(18)14(9-10)23-16(22)8-7-15(21)20-13-4-2-1-3-12(13)19/h1-9H,(H,20,21)/b8-7+. The molecule has 0 radical (unpaired) electrons. The predicted octanol–water partition coefficient (Wildman–Crippen LogP) is 4.23. The number of nitrogens with one attached hydrogen (secondary N) is 1. The van der Waals surface area contributed by atoms with Gasteiger partial charge in [0.25, 0.3) is 0 Å². The number of esters is 1. The third-order valence-electron chi connectivity index (χ3n) is 2.61. The van der Waals surface area contributed by atoms with Gasteiger partial charge in [0.1, 0.15) is 5.82 Å². The van der Waals surface area contributed by atoms with E-state index in [0.717, 1.165) is 12.2 Å². The number of amides is 1. The smallest absolute Gasteiger partial charge is 0.336 e. The molecule has 23 heavy (non-hydrogen) atoms. The van der Waals surface area contributed by atoms with Crippen molar-refractivity contribution in [2.24, 2.45) is 0 Å². The Bertz CT molecular complexity index is 778. The first-order valence-electron chi connectivity index (χ1n) is 6.36. The fourth-order valence-corrected chi connectivity index (χ4v) is 1.90. The lowest BCUT2D eigenvalue weighted by Crippen LogP contribution is -2.11. The Hall–Kier alpha value is -2.37. The monoisotopic (exact) mass is 353 g/mol. The zero-order chi connectivity index (χ0) is 16.8. The van der Waals surface area contributed by atoms with Gasteiger partial charge < -0.3 is 10.1 Å². The maximum absolute atomic E-state index is 13.4. The van der Waals surface area contributed by atoms with Crippen LogP contribution in [0.3, 0.4) is 0 Å². The number of carbonyl (C=O) groups is 2. The van der Waals surface area contributed by atoms with Crippen LogP contribution in [0.25, 0.3) is 0 Å². The molecule has 1 N–H and O–H groups in total. The van der Waals surface area contributed by atoms with Crippen LogP contribution in [0.2, 0.25) is 10.0 Å². The second kappa shape index (κ2) is 7.76. The quantitative estimate of drug-likeness (QED) is 0.508. The van der Waals surface area contributed by atoms with Crippen molar-refractivity contribution >= 4 is 40.8 Å². The molecule has 7 heteroatoms. The lowest BCUT2D eigenvalue weighted by Gasteiger charge is -2.04.